The zero-order valence-corrected chi connectivity index (χ0v) is 20.9. The summed E-state index contributed by atoms with van der Waals surface area (Å²) < 4.78 is 10.9. The molecule has 1 saturated carbocycles. The van der Waals surface area contributed by atoms with E-state index < -0.39 is 0 Å². The number of anilines is 1. The first kappa shape index (κ1) is 23.7. The Morgan fingerprint density at radius 1 is 0.947 bits per heavy atom. The lowest BCUT2D eigenvalue weighted by molar-refractivity contribution is -0.122. The molecule has 1 fully saturated rings. The van der Waals surface area contributed by atoms with Crippen molar-refractivity contribution in [2.45, 2.75) is 26.2 Å². The van der Waals surface area contributed by atoms with Crippen LogP contribution in [0.3, 0.4) is 0 Å². The molecule has 3 aromatic carbocycles. The van der Waals surface area contributed by atoms with Crippen molar-refractivity contribution in [2.24, 2.45) is 11.0 Å². The van der Waals surface area contributed by atoms with Gasteiger partial charge < -0.3 is 14.8 Å². The van der Waals surface area contributed by atoms with Crippen LogP contribution in [0.4, 0.5) is 5.69 Å². The molecular formula is C30H26N4O4. The van der Waals surface area contributed by atoms with Crippen LogP contribution in [0.25, 0.3) is 22.2 Å². The Kier molecular flexibility index (Phi) is 6.21. The van der Waals surface area contributed by atoms with Gasteiger partial charge in [-0.15, -0.1) is 0 Å². The Hall–Kier alpha value is -4.72. The lowest BCUT2D eigenvalue weighted by atomic mass is 9.85. The first-order chi connectivity index (χ1) is 18.5. The number of pyridine rings is 1. The van der Waals surface area contributed by atoms with Gasteiger partial charge in [0.15, 0.2) is 11.5 Å². The second-order valence-electron chi connectivity index (χ2n) is 9.47. The van der Waals surface area contributed by atoms with Gasteiger partial charge in [-0.05, 0) is 67.8 Å². The Bertz CT molecular complexity index is 1580. The van der Waals surface area contributed by atoms with Crippen LogP contribution in [0.1, 0.15) is 42.1 Å². The number of ether oxygens (including phenoxy) is 2. The molecule has 0 atom stereocenters. The minimum absolute atomic E-state index is 0.0753. The van der Waals surface area contributed by atoms with Gasteiger partial charge in [0.05, 0.1) is 22.5 Å². The van der Waals surface area contributed by atoms with E-state index in [1.807, 2.05) is 73.7 Å². The minimum atomic E-state index is -0.339. The minimum Gasteiger partial charge on any atom is -0.454 e. The maximum absolute atomic E-state index is 13.3. The van der Waals surface area contributed by atoms with Crippen molar-refractivity contribution in [1.82, 2.24) is 10.4 Å². The van der Waals surface area contributed by atoms with Crippen molar-refractivity contribution in [3.63, 3.8) is 0 Å². The predicted octanol–water partition coefficient (Wildman–Crippen LogP) is 5.52. The SMILES string of the molecule is C/C(=N/NC(=O)c1cc(-c2ccc3c(c2)OCO3)nc2ccccc12)c1ccc(NC(=O)C2CCC2)cc1. The number of benzene rings is 3. The number of fused-ring (bicyclic) bond motifs is 2. The van der Waals surface area contributed by atoms with E-state index in [0.29, 0.717) is 34.0 Å². The number of rotatable bonds is 6. The van der Waals surface area contributed by atoms with Crippen LogP contribution in [0.15, 0.2) is 77.9 Å². The van der Waals surface area contributed by atoms with E-state index >= 15 is 0 Å². The zero-order valence-electron chi connectivity index (χ0n) is 20.9. The number of amides is 2. The molecular weight excluding hydrogens is 480 g/mol. The number of hydrazone groups is 1. The van der Waals surface area contributed by atoms with E-state index in [9.17, 15) is 9.59 Å². The molecule has 0 saturated heterocycles. The second-order valence-corrected chi connectivity index (χ2v) is 9.47. The van der Waals surface area contributed by atoms with Crippen molar-refractivity contribution in [3.8, 4) is 22.8 Å². The third-order valence-corrected chi connectivity index (χ3v) is 7.00. The monoisotopic (exact) mass is 506 g/mol. The predicted molar refractivity (Wildman–Crippen MR) is 145 cm³/mol. The molecule has 1 aromatic heterocycles. The molecule has 4 aromatic rings. The summed E-state index contributed by atoms with van der Waals surface area (Å²) in [7, 11) is 0. The van der Waals surface area contributed by atoms with Crippen LogP contribution in [0.2, 0.25) is 0 Å². The lowest BCUT2D eigenvalue weighted by Crippen LogP contribution is -2.28. The lowest BCUT2D eigenvalue weighted by Gasteiger charge is -2.24. The topological polar surface area (TPSA) is 102 Å². The zero-order chi connectivity index (χ0) is 26.1. The summed E-state index contributed by atoms with van der Waals surface area (Å²) in [5, 5.41) is 8.03. The summed E-state index contributed by atoms with van der Waals surface area (Å²) in [5.74, 6) is 1.20. The summed E-state index contributed by atoms with van der Waals surface area (Å²) in [6, 6.07) is 22.3. The molecule has 8 heteroatoms. The van der Waals surface area contributed by atoms with Crippen LogP contribution in [-0.4, -0.2) is 29.3 Å². The standard InChI is InChI=1S/C30H26N4O4/c1-18(19-9-12-22(13-10-19)31-29(35)20-5-4-6-20)33-34-30(36)24-16-26(32-25-8-3-2-7-23(24)25)21-11-14-27-28(15-21)38-17-37-27/h2-3,7-16,20H,4-6,17H2,1H3,(H,31,35)(H,34,36)/b33-18-. The van der Waals surface area contributed by atoms with Crippen molar-refractivity contribution in [1.29, 1.82) is 0 Å². The largest absolute Gasteiger partial charge is 0.454 e. The summed E-state index contributed by atoms with van der Waals surface area (Å²) in [6.07, 6.45) is 3.04. The van der Waals surface area contributed by atoms with E-state index in [4.69, 9.17) is 14.5 Å². The van der Waals surface area contributed by atoms with Crippen LogP contribution in [0.5, 0.6) is 11.5 Å². The van der Waals surface area contributed by atoms with Crippen molar-refractivity contribution in [3.05, 3.63) is 83.9 Å². The number of hydrogen-bond acceptors (Lipinski definition) is 6. The number of aromatic nitrogens is 1. The molecule has 38 heavy (non-hydrogen) atoms. The molecule has 2 aliphatic rings. The molecule has 0 spiro atoms. The van der Waals surface area contributed by atoms with Crippen LogP contribution >= 0.6 is 0 Å². The molecule has 190 valence electrons. The van der Waals surface area contributed by atoms with E-state index in [1.54, 1.807) is 6.07 Å². The fraction of sp³-hybridized carbons (Fsp3) is 0.200. The van der Waals surface area contributed by atoms with Gasteiger partial charge in [-0.3, -0.25) is 9.59 Å². The van der Waals surface area contributed by atoms with E-state index in [1.165, 1.54) is 0 Å². The average Bonchev–Trinajstić information content (AvgIpc) is 3.38. The fourth-order valence-electron chi connectivity index (χ4n) is 4.54. The van der Waals surface area contributed by atoms with Gasteiger partial charge in [0.25, 0.3) is 5.91 Å². The normalized spacial score (nSPS) is 14.7. The molecule has 1 aliphatic carbocycles. The molecule has 2 heterocycles. The summed E-state index contributed by atoms with van der Waals surface area (Å²) in [5.41, 5.74) is 7.56. The van der Waals surface area contributed by atoms with Gasteiger partial charge in [0.1, 0.15) is 0 Å². The molecule has 0 radical (unpaired) electrons. The summed E-state index contributed by atoms with van der Waals surface area (Å²) in [4.78, 5) is 30.2. The first-order valence-corrected chi connectivity index (χ1v) is 12.6. The molecule has 8 nitrogen and oxygen atoms in total. The number of carbonyl (C=O) groups excluding carboxylic acids is 2. The Balaban J connectivity index is 1.22. The number of hydrogen-bond donors (Lipinski definition) is 2. The van der Waals surface area contributed by atoms with Gasteiger partial charge in [0.2, 0.25) is 12.7 Å². The Morgan fingerprint density at radius 3 is 2.53 bits per heavy atom. The quantitative estimate of drug-likeness (QED) is 0.265. The highest BCUT2D eigenvalue weighted by atomic mass is 16.7. The van der Waals surface area contributed by atoms with Crippen LogP contribution in [-0.2, 0) is 4.79 Å². The van der Waals surface area contributed by atoms with E-state index in [-0.39, 0.29) is 24.5 Å². The van der Waals surface area contributed by atoms with Crippen molar-refractivity contribution in [2.75, 3.05) is 12.1 Å². The second kappa shape index (κ2) is 9.97. The third-order valence-electron chi connectivity index (χ3n) is 7.00. The highest BCUT2D eigenvalue weighted by molar-refractivity contribution is 6.08. The summed E-state index contributed by atoms with van der Waals surface area (Å²) >= 11 is 0. The highest BCUT2D eigenvalue weighted by Crippen LogP contribution is 2.36. The smallest absolute Gasteiger partial charge is 0.272 e. The fourth-order valence-corrected chi connectivity index (χ4v) is 4.54. The van der Waals surface area contributed by atoms with Crippen LogP contribution < -0.4 is 20.2 Å². The molecule has 1 aliphatic heterocycles. The van der Waals surface area contributed by atoms with Gasteiger partial charge in [0, 0.05) is 22.6 Å². The number of carbonyl (C=O) groups is 2. The van der Waals surface area contributed by atoms with E-state index in [2.05, 4.69) is 15.8 Å². The number of para-hydroxylation sites is 1. The Labute approximate surface area is 219 Å². The van der Waals surface area contributed by atoms with E-state index in [0.717, 1.165) is 41.5 Å². The first-order valence-electron chi connectivity index (χ1n) is 12.6. The van der Waals surface area contributed by atoms with Gasteiger partial charge >= 0.3 is 0 Å². The maximum atomic E-state index is 13.3. The molecule has 0 unspecified atom stereocenters. The highest BCUT2D eigenvalue weighted by Gasteiger charge is 2.25. The van der Waals surface area contributed by atoms with Crippen molar-refractivity contribution >= 4 is 34.1 Å². The molecule has 2 N–H and O–H groups in total. The Morgan fingerprint density at radius 2 is 1.74 bits per heavy atom. The number of nitrogens with zero attached hydrogens (tertiary/aromatic N) is 2. The summed E-state index contributed by atoms with van der Waals surface area (Å²) in [6.45, 7) is 2.01. The molecule has 0 bridgehead atoms. The maximum Gasteiger partial charge on any atom is 0.272 e. The third kappa shape index (κ3) is 4.68. The number of nitrogens with one attached hydrogen (secondary N) is 2. The van der Waals surface area contributed by atoms with Crippen molar-refractivity contribution < 1.29 is 19.1 Å². The van der Waals surface area contributed by atoms with Gasteiger partial charge in [-0.2, -0.15) is 5.10 Å². The van der Waals surface area contributed by atoms with Gasteiger partial charge in [-0.1, -0.05) is 36.8 Å². The molecule has 2 amide bonds. The molecule has 6 rings (SSSR count). The van der Waals surface area contributed by atoms with Gasteiger partial charge in [-0.25, -0.2) is 10.4 Å². The van der Waals surface area contributed by atoms with Crippen LogP contribution in [0, 0.1) is 5.92 Å². The average molecular weight is 507 g/mol.